The zero-order valence-electron chi connectivity index (χ0n) is 9.67. The lowest BCUT2D eigenvalue weighted by Crippen LogP contribution is -2.33. The number of pyridine rings is 1. The fraction of sp³-hybridized carbons (Fsp3) is 0.455. The predicted molar refractivity (Wildman–Crippen MR) is 63.1 cm³/mol. The van der Waals surface area contributed by atoms with Crippen LogP contribution in [-0.2, 0) is 11.3 Å². The van der Waals surface area contributed by atoms with Crippen LogP contribution in [0.2, 0.25) is 0 Å². The molecule has 96 valence electrons. The third-order valence-corrected chi connectivity index (χ3v) is 2.78. The molecular formula is C11H13N3O4. The lowest BCUT2D eigenvalue weighted by atomic mass is 10.4. The van der Waals surface area contributed by atoms with Crippen molar-refractivity contribution in [3.05, 3.63) is 38.8 Å². The van der Waals surface area contributed by atoms with Crippen LogP contribution in [0, 0.1) is 16.0 Å². The molecule has 1 saturated carbocycles. The molecule has 1 N–H and O–H groups in total. The zero-order valence-corrected chi connectivity index (χ0v) is 9.67. The van der Waals surface area contributed by atoms with E-state index in [4.69, 9.17) is 0 Å². The molecule has 2 rings (SSSR count). The van der Waals surface area contributed by atoms with Crippen molar-refractivity contribution in [3.8, 4) is 0 Å². The number of carbonyl (C=O) groups is 1. The first kappa shape index (κ1) is 12.3. The maximum absolute atomic E-state index is 11.5. The molecular weight excluding hydrogens is 238 g/mol. The van der Waals surface area contributed by atoms with E-state index in [0.717, 1.165) is 35.7 Å². The monoisotopic (exact) mass is 251 g/mol. The van der Waals surface area contributed by atoms with Crippen LogP contribution in [0.3, 0.4) is 0 Å². The van der Waals surface area contributed by atoms with Crippen LogP contribution in [0.4, 0.5) is 5.69 Å². The summed E-state index contributed by atoms with van der Waals surface area (Å²) in [6.45, 7) is 0.426. The minimum atomic E-state index is -0.599. The Bertz CT molecular complexity index is 533. The van der Waals surface area contributed by atoms with Gasteiger partial charge in [-0.05, 0) is 18.8 Å². The number of amides is 1. The second-order valence-corrected chi connectivity index (χ2v) is 4.36. The van der Waals surface area contributed by atoms with Gasteiger partial charge in [0.25, 0.3) is 11.2 Å². The van der Waals surface area contributed by atoms with E-state index in [2.05, 4.69) is 5.32 Å². The van der Waals surface area contributed by atoms with Gasteiger partial charge in [-0.25, -0.2) is 0 Å². The number of hydrogen-bond donors (Lipinski definition) is 1. The highest BCUT2D eigenvalue weighted by Gasteiger charge is 2.21. The normalized spacial score (nSPS) is 14.2. The summed E-state index contributed by atoms with van der Waals surface area (Å²) in [6.07, 6.45) is 3.33. The van der Waals surface area contributed by atoms with E-state index in [9.17, 15) is 19.7 Å². The van der Waals surface area contributed by atoms with Crippen LogP contribution < -0.4 is 10.9 Å². The molecule has 7 nitrogen and oxygen atoms in total. The van der Waals surface area contributed by atoms with E-state index in [1.807, 2.05) is 0 Å². The van der Waals surface area contributed by atoms with Gasteiger partial charge < -0.3 is 5.32 Å². The van der Waals surface area contributed by atoms with Gasteiger partial charge in [-0.15, -0.1) is 0 Å². The maximum atomic E-state index is 11.5. The van der Waals surface area contributed by atoms with Gasteiger partial charge in [0.15, 0.2) is 0 Å². The van der Waals surface area contributed by atoms with Gasteiger partial charge in [0.2, 0.25) is 5.91 Å². The maximum Gasteiger partial charge on any atom is 0.285 e. The Hall–Kier alpha value is -2.18. The molecule has 0 radical (unpaired) electrons. The van der Waals surface area contributed by atoms with Crippen LogP contribution in [0.15, 0.2) is 23.1 Å². The third kappa shape index (κ3) is 3.16. The van der Waals surface area contributed by atoms with Crippen molar-refractivity contribution in [3.63, 3.8) is 0 Å². The summed E-state index contributed by atoms with van der Waals surface area (Å²) >= 11 is 0. The number of nitrogens with one attached hydrogen (secondary N) is 1. The minimum Gasteiger partial charge on any atom is -0.354 e. The van der Waals surface area contributed by atoms with Gasteiger partial charge in [0, 0.05) is 18.7 Å². The molecule has 1 aromatic heterocycles. The van der Waals surface area contributed by atoms with Crippen LogP contribution in [0.25, 0.3) is 0 Å². The number of nitro groups is 1. The van der Waals surface area contributed by atoms with Crippen LogP contribution in [0.5, 0.6) is 0 Å². The molecule has 0 unspecified atom stereocenters. The second-order valence-electron chi connectivity index (χ2n) is 4.36. The van der Waals surface area contributed by atoms with Crippen molar-refractivity contribution in [2.75, 3.05) is 6.54 Å². The molecule has 0 aromatic carbocycles. The first-order valence-electron chi connectivity index (χ1n) is 5.68. The molecule has 0 atom stereocenters. The van der Waals surface area contributed by atoms with Crippen molar-refractivity contribution >= 4 is 11.6 Å². The number of nitrogens with zero attached hydrogens (tertiary/aromatic N) is 2. The first-order valence-corrected chi connectivity index (χ1v) is 5.68. The fourth-order valence-electron chi connectivity index (χ4n) is 1.54. The van der Waals surface area contributed by atoms with E-state index in [0.29, 0.717) is 12.5 Å². The van der Waals surface area contributed by atoms with E-state index >= 15 is 0 Å². The number of aromatic nitrogens is 1. The summed E-state index contributed by atoms with van der Waals surface area (Å²) in [5.74, 6) is 0.250. The lowest BCUT2D eigenvalue weighted by molar-refractivity contribution is -0.385. The molecule has 1 amide bonds. The number of rotatable bonds is 5. The molecule has 1 aliphatic carbocycles. The summed E-state index contributed by atoms with van der Waals surface area (Å²) in [4.78, 5) is 32.9. The largest absolute Gasteiger partial charge is 0.354 e. The van der Waals surface area contributed by atoms with Crippen molar-refractivity contribution in [2.45, 2.75) is 19.4 Å². The Kier molecular flexibility index (Phi) is 3.40. The topological polar surface area (TPSA) is 94.2 Å². The smallest absolute Gasteiger partial charge is 0.285 e. The molecule has 1 heterocycles. The Balaban J connectivity index is 2.02. The van der Waals surface area contributed by atoms with Gasteiger partial charge >= 0.3 is 0 Å². The van der Waals surface area contributed by atoms with Crippen LogP contribution in [0.1, 0.15) is 12.8 Å². The van der Waals surface area contributed by atoms with Crippen LogP contribution >= 0.6 is 0 Å². The van der Waals surface area contributed by atoms with Gasteiger partial charge in [-0.2, -0.15) is 0 Å². The highest BCUT2D eigenvalue weighted by molar-refractivity contribution is 5.75. The molecule has 1 aromatic rings. The summed E-state index contributed by atoms with van der Waals surface area (Å²) in [7, 11) is 0. The molecule has 0 aliphatic heterocycles. The predicted octanol–water partition coefficient (Wildman–Crippen LogP) is 0.283. The Morgan fingerprint density at radius 1 is 1.50 bits per heavy atom. The summed E-state index contributed by atoms with van der Waals surface area (Å²) in [6, 6.07) is 2.22. The molecule has 0 saturated heterocycles. The number of hydrogen-bond acceptors (Lipinski definition) is 4. The Morgan fingerprint density at radius 3 is 2.83 bits per heavy atom. The molecule has 0 spiro atoms. The molecule has 18 heavy (non-hydrogen) atoms. The van der Waals surface area contributed by atoms with Crippen molar-refractivity contribution in [1.82, 2.24) is 9.88 Å². The number of carbonyl (C=O) groups excluding carboxylic acids is 1. The van der Waals surface area contributed by atoms with E-state index in [-0.39, 0.29) is 18.1 Å². The summed E-state index contributed by atoms with van der Waals surface area (Å²) in [5, 5.41) is 13.3. The van der Waals surface area contributed by atoms with E-state index in [1.165, 1.54) is 0 Å². The molecule has 7 heteroatoms. The van der Waals surface area contributed by atoms with Crippen molar-refractivity contribution in [2.24, 2.45) is 5.92 Å². The highest BCUT2D eigenvalue weighted by atomic mass is 16.6. The van der Waals surface area contributed by atoms with Crippen molar-refractivity contribution in [1.29, 1.82) is 0 Å². The summed E-state index contributed by atoms with van der Waals surface area (Å²) < 4.78 is 1.04. The van der Waals surface area contributed by atoms with Crippen molar-refractivity contribution < 1.29 is 9.72 Å². The van der Waals surface area contributed by atoms with Gasteiger partial charge in [0.1, 0.15) is 6.54 Å². The average molecular weight is 251 g/mol. The quantitative estimate of drug-likeness (QED) is 0.600. The molecule has 0 bridgehead atoms. The standard InChI is InChI=1S/C11H13N3O4/c15-10(12-5-8-1-2-8)7-13-6-9(14(17)18)3-4-11(13)16/h3-4,6,8H,1-2,5,7H2,(H,12,15). The second kappa shape index (κ2) is 4.99. The molecule has 1 aliphatic rings. The van der Waals surface area contributed by atoms with E-state index in [1.54, 1.807) is 0 Å². The van der Waals surface area contributed by atoms with Gasteiger partial charge in [-0.1, -0.05) is 0 Å². The Morgan fingerprint density at radius 2 is 2.22 bits per heavy atom. The first-order chi connectivity index (χ1) is 8.56. The molecule has 1 fully saturated rings. The van der Waals surface area contributed by atoms with Crippen LogP contribution in [-0.4, -0.2) is 21.9 Å². The Labute approximate surface area is 103 Å². The third-order valence-electron chi connectivity index (χ3n) is 2.78. The minimum absolute atomic E-state index is 0.187. The van der Waals surface area contributed by atoms with Gasteiger partial charge in [-0.3, -0.25) is 24.3 Å². The highest BCUT2D eigenvalue weighted by Crippen LogP contribution is 2.27. The summed E-state index contributed by atoms with van der Waals surface area (Å²) in [5.41, 5.74) is -0.633. The average Bonchev–Trinajstić information content (AvgIpc) is 3.13. The van der Waals surface area contributed by atoms with Gasteiger partial charge in [0.05, 0.1) is 11.1 Å². The zero-order chi connectivity index (χ0) is 13.1. The fourth-order valence-corrected chi connectivity index (χ4v) is 1.54. The SMILES string of the molecule is O=C(Cn1cc([N+](=O)[O-])ccc1=O)NCC1CC1. The van der Waals surface area contributed by atoms with E-state index < -0.39 is 10.5 Å². The lowest BCUT2D eigenvalue weighted by Gasteiger charge is -2.06.